The monoisotopic (exact) mass is 294 g/mol. The third-order valence-corrected chi connectivity index (χ3v) is 4.04. The van der Waals surface area contributed by atoms with Crippen LogP contribution < -0.4 is 4.74 Å². The van der Waals surface area contributed by atoms with E-state index in [0.717, 1.165) is 12.8 Å². The molecule has 2 amide bonds. The summed E-state index contributed by atoms with van der Waals surface area (Å²) in [5, 5.41) is 0.518. The molecule has 1 atom stereocenters. The van der Waals surface area contributed by atoms with E-state index in [1.165, 1.54) is 0 Å². The lowest BCUT2D eigenvalue weighted by Gasteiger charge is -2.41. The van der Waals surface area contributed by atoms with E-state index in [0.29, 0.717) is 42.6 Å². The van der Waals surface area contributed by atoms with Crippen molar-refractivity contribution in [1.82, 2.24) is 9.80 Å². The van der Waals surface area contributed by atoms with Crippen molar-refractivity contribution in [3.05, 3.63) is 28.8 Å². The first-order valence-electron chi connectivity index (χ1n) is 6.61. The first-order chi connectivity index (χ1) is 9.69. The quantitative estimate of drug-likeness (QED) is 0.736. The van der Waals surface area contributed by atoms with E-state index in [2.05, 4.69) is 0 Å². The van der Waals surface area contributed by atoms with Crippen LogP contribution in [0.1, 0.15) is 16.8 Å². The van der Waals surface area contributed by atoms with Crippen LogP contribution in [0.15, 0.2) is 18.2 Å². The topological polar surface area (TPSA) is 49.9 Å². The largest absolute Gasteiger partial charge is 0.493 e. The molecule has 0 spiro atoms. The van der Waals surface area contributed by atoms with Crippen LogP contribution in [0, 0.1) is 0 Å². The van der Waals surface area contributed by atoms with Gasteiger partial charge in [-0.25, -0.2) is 0 Å². The molecule has 6 heteroatoms. The number of rotatable bonds is 1. The van der Waals surface area contributed by atoms with E-state index < -0.39 is 0 Å². The Morgan fingerprint density at radius 1 is 1.35 bits per heavy atom. The highest BCUT2D eigenvalue weighted by Crippen LogP contribution is 2.28. The predicted octanol–water partition coefficient (Wildman–Crippen LogP) is 1.41. The summed E-state index contributed by atoms with van der Waals surface area (Å²) >= 11 is 5.98. The molecule has 2 heterocycles. The Morgan fingerprint density at radius 3 is 3.00 bits per heavy atom. The molecule has 0 bridgehead atoms. The molecule has 1 fully saturated rings. The molecule has 2 aliphatic rings. The average Bonchev–Trinajstić information content (AvgIpc) is 2.46. The number of fused-ring (bicyclic) bond motifs is 2. The van der Waals surface area contributed by atoms with E-state index in [9.17, 15) is 9.59 Å². The molecule has 0 N–H and O–H groups in total. The maximum Gasteiger partial charge on any atom is 0.258 e. The van der Waals surface area contributed by atoms with Crippen molar-refractivity contribution >= 4 is 23.9 Å². The first kappa shape index (κ1) is 13.2. The van der Waals surface area contributed by atoms with Gasteiger partial charge in [0.2, 0.25) is 6.41 Å². The number of piperazine rings is 1. The molecular weight excluding hydrogens is 280 g/mol. The van der Waals surface area contributed by atoms with Crippen LogP contribution in [-0.2, 0) is 4.79 Å². The van der Waals surface area contributed by atoms with Crippen molar-refractivity contribution in [3.8, 4) is 5.75 Å². The molecule has 2 aliphatic heterocycles. The van der Waals surface area contributed by atoms with Crippen molar-refractivity contribution < 1.29 is 14.3 Å². The predicted molar refractivity (Wildman–Crippen MR) is 74.0 cm³/mol. The summed E-state index contributed by atoms with van der Waals surface area (Å²) in [6.45, 7) is 2.21. The highest BCUT2D eigenvalue weighted by Gasteiger charge is 2.33. The minimum absolute atomic E-state index is 0.00795. The Balaban J connectivity index is 1.93. The molecule has 20 heavy (non-hydrogen) atoms. The van der Waals surface area contributed by atoms with Crippen LogP contribution in [-0.4, -0.2) is 54.4 Å². The van der Waals surface area contributed by atoms with Crippen molar-refractivity contribution in [3.63, 3.8) is 0 Å². The van der Waals surface area contributed by atoms with E-state index in [-0.39, 0.29) is 11.9 Å². The Hall–Kier alpha value is -1.75. The fourth-order valence-electron chi connectivity index (χ4n) is 2.74. The summed E-state index contributed by atoms with van der Waals surface area (Å²) in [7, 11) is 0. The fourth-order valence-corrected chi connectivity index (χ4v) is 2.92. The average molecular weight is 295 g/mol. The van der Waals surface area contributed by atoms with Crippen LogP contribution in [0.2, 0.25) is 5.02 Å². The second-order valence-electron chi connectivity index (χ2n) is 5.03. The van der Waals surface area contributed by atoms with Crippen LogP contribution in [0.3, 0.4) is 0 Å². The number of halogens is 1. The lowest BCUT2D eigenvalue weighted by Crippen LogP contribution is -2.55. The Labute approximate surface area is 122 Å². The van der Waals surface area contributed by atoms with Crippen LogP contribution in [0.5, 0.6) is 5.75 Å². The molecule has 1 aromatic carbocycles. The smallest absolute Gasteiger partial charge is 0.258 e. The minimum Gasteiger partial charge on any atom is -0.493 e. The Kier molecular flexibility index (Phi) is 3.53. The van der Waals surface area contributed by atoms with Gasteiger partial charge in [-0.05, 0) is 18.2 Å². The highest BCUT2D eigenvalue weighted by atomic mass is 35.5. The van der Waals surface area contributed by atoms with Gasteiger partial charge >= 0.3 is 0 Å². The lowest BCUT2D eigenvalue weighted by atomic mass is 10.0. The number of benzene rings is 1. The number of carbonyl (C=O) groups excluding carboxylic acids is 2. The summed E-state index contributed by atoms with van der Waals surface area (Å²) in [6, 6.07) is 5.11. The standard InChI is InChI=1S/C14H15ClN2O3/c15-10-1-2-13-12(7-10)14(19)17-5-4-16(9-18)8-11(17)3-6-20-13/h1-2,7,9,11H,3-6,8H2. The summed E-state index contributed by atoms with van der Waals surface area (Å²) in [4.78, 5) is 27.1. The van der Waals surface area contributed by atoms with Gasteiger partial charge in [0.15, 0.2) is 0 Å². The summed E-state index contributed by atoms with van der Waals surface area (Å²) < 4.78 is 5.66. The molecule has 106 valence electrons. The Morgan fingerprint density at radius 2 is 2.20 bits per heavy atom. The van der Waals surface area contributed by atoms with Crippen LogP contribution in [0.25, 0.3) is 0 Å². The molecular formula is C14H15ClN2O3. The maximum absolute atomic E-state index is 12.7. The van der Waals surface area contributed by atoms with Gasteiger partial charge in [-0.15, -0.1) is 0 Å². The second kappa shape index (κ2) is 5.32. The van der Waals surface area contributed by atoms with Crippen LogP contribution >= 0.6 is 11.6 Å². The van der Waals surface area contributed by atoms with Gasteiger partial charge in [0.25, 0.3) is 5.91 Å². The summed E-state index contributed by atoms with van der Waals surface area (Å²) in [6.07, 6.45) is 1.56. The molecule has 3 rings (SSSR count). The van der Waals surface area contributed by atoms with Gasteiger partial charge in [-0.1, -0.05) is 11.6 Å². The van der Waals surface area contributed by atoms with Gasteiger partial charge in [0, 0.05) is 31.1 Å². The molecule has 5 nitrogen and oxygen atoms in total. The van der Waals surface area contributed by atoms with Crippen molar-refractivity contribution in [2.45, 2.75) is 12.5 Å². The van der Waals surface area contributed by atoms with Crippen LogP contribution in [0.4, 0.5) is 0 Å². The number of hydrogen-bond acceptors (Lipinski definition) is 3. The molecule has 0 aliphatic carbocycles. The lowest BCUT2D eigenvalue weighted by molar-refractivity contribution is -0.120. The van der Waals surface area contributed by atoms with E-state index in [4.69, 9.17) is 16.3 Å². The van der Waals surface area contributed by atoms with Gasteiger partial charge in [0.1, 0.15) is 5.75 Å². The van der Waals surface area contributed by atoms with Gasteiger partial charge in [-0.3, -0.25) is 9.59 Å². The third-order valence-electron chi connectivity index (χ3n) is 3.80. The SMILES string of the molecule is O=CN1CCN2C(=O)c3cc(Cl)ccc3OCCC2C1. The highest BCUT2D eigenvalue weighted by molar-refractivity contribution is 6.31. The Bertz CT molecular complexity index is 549. The van der Waals surface area contributed by atoms with Crippen molar-refractivity contribution in [2.75, 3.05) is 26.2 Å². The van der Waals surface area contributed by atoms with E-state index >= 15 is 0 Å². The fraction of sp³-hybridized carbons (Fsp3) is 0.429. The molecule has 0 aromatic heterocycles. The molecule has 1 aromatic rings. The zero-order valence-electron chi connectivity index (χ0n) is 10.9. The number of amides is 2. The second-order valence-corrected chi connectivity index (χ2v) is 5.47. The van der Waals surface area contributed by atoms with Gasteiger partial charge < -0.3 is 14.5 Å². The van der Waals surface area contributed by atoms with E-state index in [1.54, 1.807) is 23.1 Å². The first-order valence-corrected chi connectivity index (χ1v) is 6.99. The van der Waals surface area contributed by atoms with Gasteiger partial charge in [-0.2, -0.15) is 0 Å². The van der Waals surface area contributed by atoms with Crippen molar-refractivity contribution in [1.29, 1.82) is 0 Å². The summed E-state index contributed by atoms with van der Waals surface area (Å²) in [5.74, 6) is 0.508. The number of nitrogens with zero attached hydrogens (tertiary/aromatic N) is 2. The zero-order chi connectivity index (χ0) is 14.1. The number of hydrogen-bond donors (Lipinski definition) is 0. The van der Waals surface area contributed by atoms with Crippen molar-refractivity contribution in [2.24, 2.45) is 0 Å². The molecule has 0 saturated carbocycles. The minimum atomic E-state index is -0.0715. The third kappa shape index (κ3) is 2.33. The normalized spacial score (nSPS) is 22.2. The number of ether oxygens (including phenoxy) is 1. The molecule has 0 radical (unpaired) electrons. The molecule has 1 saturated heterocycles. The zero-order valence-corrected chi connectivity index (χ0v) is 11.7. The maximum atomic E-state index is 12.7. The summed E-state index contributed by atoms with van der Waals surface area (Å²) in [5.41, 5.74) is 0.502. The molecule has 1 unspecified atom stereocenters. The van der Waals surface area contributed by atoms with Gasteiger partial charge in [0.05, 0.1) is 18.2 Å². The number of carbonyl (C=O) groups is 2. The van der Waals surface area contributed by atoms with E-state index in [1.807, 2.05) is 4.90 Å².